The Morgan fingerprint density at radius 1 is 1.39 bits per heavy atom. The second-order valence-corrected chi connectivity index (χ2v) is 8.50. The molecule has 2 unspecified atom stereocenters. The predicted octanol–water partition coefficient (Wildman–Crippen LogP) is 1.94. The van der Waals surface area contributed by atoms with E-state index in [-0.39, 0.29) is 11.3 Å². The van der Waals surface area contributed by atoms with Gasteiger partial charge in [0.05, 0.1) is 6.54 Å². The molecule has 5 nitrogen and oxygen atoms in total. The van der Waals surface area contributed by atoms with Crippen molar-refractivity contribution < 1.29 is 4.79 Å². The van der Waals surface area contributed by atoms with Gasteiger partial charge in [0.1, 0.15) is 5.82 Å². The summed E-state index contributed by atoms with van der Waals surface area (Å²) >= 11 is 0. The summed E-state index contributed by atoms with van der Waals surface area (Å²) < 4.78 is 2.04. The van der Waals surface area contributed by atoms with Crippen molar-refractivity contribution in [1.82, 2.24) is 19.8 Å². The van der Waals surface area contributed by atoms with E-state index in [1.807, 2.05) is 24.0 Å². The number of aryl methyl sites for hydroxylation is 1. The van der Waals surface area contributed by atoms with Crippen LogP contribution in [0.2, 0.25) is 0 Å². The standard InChI is InChI=1S/C18H28N4O/c1-17(2)10-13(17)16(23)22(12-15-20-8-9-21(15)3)14-11-18(14)4-6-19-7-5-18/h8-9,13-14,19H,4-7,10-12H2,1-3H3. The molecule has 0 aromatic carbocycles. The third-order valence-corrected chi connectivity index (χ3v) is 6.45. The molecular formula is C18H28N4O. The first-order valence-electron chi connectivity index (χ1n) is 8.90. The maximum absolute atomic E-state index is 13.1. The lowest BCUT2D eigenvalue weighted by molar-refractivity contribution is -0.135. The molecule has 3 aliphatic rings. The molecule has 2 aliphatic carbocycles. The van der Waals surface area contributed by atoms with Crippen LogP contribution in [0.3, 0.4) is 0 Å². The highest BCUT2D eigenvalue weighted by Crippen LogP contribution is 2.59. The van der Waals surface area contributed by atoms with Gasteiger partial charge < -0.3 is 14.8 Å². The van der Waals surface area contributed by atoms with E-state index in [9.17, 15) is 4.79 Å². The van der Waals surface area contributed by atoms with Crippen molar-refractivity contribution in [2.45, 2.75) is 52.1 Å². The van der Waals surface area contributed by atoms with E-state index in [1.165, 1.54) is 19.3 Å². The molecule has 4 rings (SSSR count). The number of aromatic nitrogens is 2. The SMILES string of the molecule is Cn1ccnc1CN(C(=O)C1CC1(C)C)C1CC12CCNCC2. The molecule has 1 spiro atoms. The number of imidazole rings is 1. The molecule has 126 valence electrons. The monoisotopic (exact) mass is 316 g/mol. The van der Waals surface area contributed by atoms with E-state index in [4.69, 9.17) is 0 Å². The first kappa shape index (κ1) is 15.2. The van der Waals surface area contributed by atoms with Gasteiger partial charge in [-0.2, -0.15) is 0 Å². The Bertz CT molecular complexity index is 614. The van der Waals surface area contributed by atoms with Gasteiger partial charge in [-0.3, -0.25) is 4.79 Å². The summed E-state index contributed by atoms with van der Waals surface area (Å²) in [7, 11) is 2.01. The average molecular weight is 316 g/mol. The van der Waals surface area contributed by atoms with Crippen LogP contribution >= 0.6 is 0 Å². The summed E-state index contributed by atoms with van der Waals surface area (Å²) in [5.41, 5.74) is 0.568. The van der Waals surface area contributed by atoms with Crippen molar-refractivity contribution >= 4 is 5.91 Å². The van der Waals surface area contributed by atoms with Gasteiger partial charge >= 0.3 is 0 Å². The first-order valence-corrected chi connectivity index (χ1v) is 8.90. The highest BCUT2D eigenvalue weighted by molar-refractivity contribution is 5.83. The topological polar surface area (TPSA) is 50.2 Å². The molecule has 2 heterocycles. The van der Waals surface area contributed by atoms with Crippen molar-refractivity contribution in [3.63, 3.8) is 0 Å². The smallest absolute Gasteiger partial charge is 0.226 e. The summed E-state index contributed by atoms with van der Waals surface area (Å²) in [5, 5.41) is 3.45. The first-order chi connectivity index (χ1) is 10.9. The van der Waals surface area contributed by atoms with Gasteiger partial charge in [0.2, 0.25) is 5.91 Å². The predicted molar refractivity (Wildman–Crippen MR) is 88.6 cm³/mol. The van der Waals surface area contributed by atoms with Gasteiger partial charge in [-0.05, 0) is 49.6 Å². The number of amides is 1. The highest BCUT2D eigenvalue weighted by Gasteiger charge is 2.61. The minimum Gasteiger partial charge on any atom is -0.337 e. The van der Waals surface area contributed by atoms with Gasteiger partial charge in [0, 0.05) is 31.4 Å². The molecule has 1 aromatic heterocycles. The Morgan fingerprint density at radius 2 is 2.09 bits per heavy atom. The lowest BCUT2D eigenvalue weighted by Crippen LogP contribution is -2.40. The Morgan fingerprint density at radius 3 is 2.65 bits per heavy atom. The van der Waals surface area contributed by atoms with Crippen LogP contribution in [0, 0.1) is 16.7 Å². The molecule has 1 N–H and O–H groups in total. The maximum atomic E-state index is 13.1. The molecule has 1 aromatic rings. The Hall–Kier alpha value is -1.36. The minimum absolute atomic E-state index is 0.188. The number of carbonyl (C=O) groups is 1. The fraction of sp³-hybridized carbons (Fsp3) is 0.778. The van der Waals surface area contributed by atoms with E-state index in [1.54, 1.807) is 0 Å². The number of piperidine rings is 1. The van der Waals surface area contributed by atoms with E-state index >= 15 is 0 Å². The lowest BCUT2D eigenvalue weighted by Gasteiger charge is -2.30. The molecule has 0 radical (unpaired) electrons. The van der Waals surface area contributed by atoms with E-state index < -0.39 is 0 Å². The van der Waals surface area contributed by atoms with Gasteiger partial charge in [-0.1, -0.05) is 13.8 Å². The van der Waals surface area contributed by atoms with Crippen LogP contribution in [-0.2, 0) is 18.4 Å². The molecule has 1 saturated heterocycles. The quantitative estimate of drug-likeness (QED) is 0.923. The van der Waals surface area contributed by atoms with Crippen molar-refractivity contribution in [1.29, 1.82) is 0 Å². The molecule has 0 bridgehead atoms. The third kappa shape index (κ3) is 2.59. The molecule has 23 heavy (non-hydrogen) atoms. The molecule has 2 atom stereocenters. The number of carbonyl (C=O) groups excluding carboxylic acids is 1. The van der Waals surface area contributed by atoms with Gasteiger partial charge in [0.15, 0.2) is 0 Å². The molecular weight excluding hydrogens is 288 g/mol. The van der Waals surface area contributed by atoms with Crippen LogP contribution in [0.5, 0.6) is 0 Å². The Kier molecular flexibility index (Phi) is 3.34. The molecule has 1 aliphatic heterocycles. The summed E-state index contributed by atoms with van der Waals surface area (Å²) in [5.74, 6) is 1.56. The average Bonchev–Trinajstić information content (AvgIpc) is 3.32. The third-order valence-electron chi connectivity index (χ3n) is 6.45. The molecule has 3 fully saturated rings. The number of hydrogen-bond donors (Lipinski definition) is 1. The lowest BCUT2D eigenvalue weighted by atomic mass is 9.93. The van der Waals surface area contributed by atoms with Crippen molar-refractivity contribution in [3.05, 3.63) is 18.2 Å². The van der Waals surface area contributed by atoms with Crippen molar-refractivity contribution in [2.75, 3.05) is 13.1 Å². The van der Waals surface area contributed by atoms with Gasteiger partial charge in [0.25, 0.3) is 0 Å². The van der Waals surface area contributed by atoms with Crippen LogP contribution in [0.1, 0.15) is 45.4 Å². The summed E-state index contributed by atoms with van der Waals surface area (Å²) in [6.07, 6.45) is 8.41. The second kappa shape index (κ2) is 5.07. The fourth-order valence-corrected chi connectivity index (χ4v) is 4.36. The Labute approximate surface area is 138 Å². The number of nitrogens with zero attached hydrogens (tertiary/aromatic N) is 3. The zero-order valence-corrected chi connectivity index (χ0v) is 14.5. The highest BCUT2D eigenvalue weighted by atomic mass is 16.2. The zero-order chi connectivity index (χ0) is 16.2. The summed E-state index contributed by atoms with van der Waals surface area (Å²) in [6, 6.07) is 0.421. The largest absolute Gasteiger partial charge is 0.337 e. The van der Waals surface area contributed by atoms with Crippen LogP contribution in [0.25, 0.3) is 0 Å². The zero-order valence-electron chi connectivity index (χ0n) is 14.5. The van der Waals surface area contributed by atoms with Gasteiger partial charge in [-0.25, -0.2) is 4.98 Å². The van der Waals surface area contributed by atoms with Crippen molar-refractivity contribution in [3.8, 4) is 0 Å². The maximum Gasteiger partial charge on any atom is 0.226 e. The van der Waals surface area contributed by atoms with Crippen LogP contribution in [0.15, 0.2) is 12.4 Å². The molecule has 5 heteroatoms. The number of hydrogen-bond acceptors (Lipinski definition) is 3. The normalized spacial score (nSPS) is 30.2. The van der Waals surface area contributed by atoms with Crippen LogP contribution in [0.4, 0.5) is 0 Å². The van der Waals surface area contributed by atoms with E-state index in [2.05, 4.69) is 29.0 Å². The number of rotatable bonds is 4. The fourth-order valence-electron chi connectivity index (χ4n) is 4.36. The van der Waals surface area contributed by atoms with Crippen molar-refractivity contribution in [2.24, 2.45) is 23.8 Å². The summed E-state index contributed by atoms with van der Waals surface area (Å²) in [4.78, 5) is 19.8. The van der Waals surface area contributed by atoms with Gasteiger partial charge in [-0.15, -0.1) is 0 Å². The Balaban J connectivity index is 1.55. The van der Waals surface area contributed by atoms with Crippen LogP contribution < -0.4 is 5.32 Å². The van der Waals surface area contributed by atoms with Crippen LogP contribution in [-0.4, -0.2) is 39.5 Å². The molecule has 1 amide bonds. The van der Waals surface area contributed by atoms with E-state index in [0.717, 1.165) is 25.3 Å². The number of nitrogens with one attached hydrogen (secondary N) is 1. The molecule has 2 saturated carbocycles. The second-order valence-electron chi connectivity index (χ2n) is 8.50. The summed E-state index contributed by atoms with van der Waals surface area (Å²) in [6.45, 7) is 7.27. The van der Waals surface area contributed by atoms with E-state index in [0.29, 0.717) is 23.9 Å². The minimum atomic E-state index is 0.188.